The minimum Gasteiger partial charge on any atom is -0.455 e. The molecule has 2 heterocycles. The van der Waals surface area contributed by atoms with Gasteiger partial charge in [-0.05, 0) is 63.2 Å². The molecule has 3 heteroatoms. The number of fused-ring (bicyclic) bond motifs is 12. The van der Waals surface area contributed by atoms with Gasteiger partial charge in [-0.15, -0.1) is 0 Å². The summed E-state index contributed by atoms with van der Waals surface area (Å²) in [5.74, 6) is 0. The third kappa shape index (κ3) is 2.80. The van der Waals surface area contributed by atoms with Crippen LogP contribution in [0, 0.1) is 0 Å². The average Bonchev–Trinajstić information content (AvgIpc) is 3.52. The average molecular weight is 549 g/mol. The summed E-state index contributed by atoms with van der Waals surface area (Å²) < 4.78 is 6.52. The highest BCUT2D eigenvalue weighted by atomic mass is 35.5. The fourth-order valence-electron chi connectivity index (χ4n) is 7.07. The van der Waals surface area contributed by atoms with Gasteiger partial charge in [0.1, 0.15) is 11.2 Å². The summed E-state index contributed by atoms with van der Waals surface area (Å²) in [5, 5.41) is 3.05. The van der Waals surface area contributed by atoms with Gasteiger partial charge in [0.15, 0.2) is 0 Å². The molecule has 0 fully saturated rings. The first-order valence-corrected chi connectivity index (χ1v) is 14.7. The molecule has 40 heavy (non-hydrogen) atoms. The summed E-state index contributed by atoms with van der Waals surface area (Å²) in [4.78, 5) is 2.49. The first-order chi connectivity index (χ1) is 19.7. The molecule has 1 spiro atoms. The quantitative estimate of drug-likeness (QED) is 0.202. The molecule has 0 amide bonds. The van der Waals surface area contributed by atoms with Crippen LogP contribution in [0.25, 0.3) is 44.2 Å². The molecule has 9 rings (SSSR count). The van der Waals surface area contributed by atoms with Gasteiger partial charge in [-0.2, -0.15) is 0 Å². The molecular formula is C37H21ClOS. The predicted molar refractivity (Wildman–Crippen MR) is 166 cm³/mol. The Kier molecular flexibility index (Phi) is 4.59. The Morgan fingerprint density at radius 1 is 0.525 bits per heavy atom. The SMILES string of the molecule is Clc1ccc2c(c1)C1(c3ccccc3-c3ccccc31)c1cccc(-c3cccc4c3oc3ccccc34)c1S2. The first-order valence-electron chi connectivity index (χ1n) is 13.5. The van der Waals surface area contributed by atoms with Crippen molar-refractivity contribution in [3.8, 4) is 22.3 Å². The molecule has 1 aliphatic heterocycles. The highest BCUT2D eigenvalue weighted by Crippen LogP contribution is 2.63. The molecule has 2 aliphatic rings. The zero-order valence-electron chi connectivity index (χ0n) is 21.3. The van der Waals surface area contributed by atoms with Crippen molar-refractivity contribution in [3.63, 3.8) is 0 Å². The molecule has 0 unspecified atom stereocenters. The topological polar surface area (TPSA) is 13.1 Å². The lowest BCUT2D eigenvalue weighted by atomic mass is 9.67. The van der Waals surface area contributed by atoms with E-state index in [1.807, 2.05) is 23.9 Å². The molecule has 6 aromatic carbocycles. The molecule has 0 N–H and O–H groups in total. The second-order valence-electron chi connectivity index (χ2n) is 10.5. The lowest BCUT2D eigenvalue weighted by molar-refractivity contribution is 0.669. The summed E-state index contributed by atoms with van der Waals surface area (Å²) in [5.41, 5.74) is 11.4. The Hall–Kier alpha value is -4.24. The molecule has 1 aromatic heterocycles. The smallest absolute Gasteiger partial charge is 0.143 e. The van der Waals surface area contributed by atoms with E-state index in [2.05, 4.69) is 115 Å². The lowest BCUT2D eigenvalue weighted by Crippen LogP contribution is -2.32. The van der Waals surface area contributed by atoms with Gasteiger partial charge in [0.05, 0.1) is 5.41 Å². The van der Waals surface area contributed by atoms with Crippen molar-refractivity contribution in [1.82, 2.24) is 0 Å². The number of furan rings is 1. The van der Waals surface area contributed by atoms with Gasteiger partial charge in [-0.1, -0.05) is 126 Å². The van der Waals surface area contributed by atoms with Gasteiger partial charge >= 0.3 is 0 Å². The van der Waals surface area contributed by atoms with Crippen molar-refractivity contribution in [1.29, 1.82) is 0 Å². The molecule has 1 aliphatic carbocycles. The van der Waals surface area contributed by atoms with E-state index in [1.165, 1.54) is 48.7 Å². The van der Waals surface area contributed by atoms with Crippen molar-refractivity contribution in [3.05, 3.63) is 155 Å². The van der Waals surface area contributed by atoms with Crippen LogP contribution in [-0.2, 0) is 5.41 Å². The minimum absolute atomic E-state index is 0.466. The molecule has 0 saturated carbocycles. The number of benzene rings is 6. The van der Waals surface area contributed by atoms with Crippen LogP contribution in [0.3, 0.4) is 0 Å². The molecule has 0 atom stereocenters. The second kappa shape index (κ2) is 8.14. The maximum Gasteiger partial charge on any atom is 0.143 e. The Balaban J connectivity index is 1.42. The number of hydrogen-bond donors (Lipinski definition) is 0. The van der Waals surface area contributed by atoms with Crippen LogP contribution in [-0.4, -0.2) is 0 Å². The predicted octanol–water partition coefficient (Wildman–Crippen LogP) is 10.7. The van der Waals surface area contributed by atoms with Crippen molar-refractivity contribution in [2.45, 2.75) is 15.2 Å². The van der Waals surface area contributed by atoms with Gasteiger partial charge in [0.2, 0.25) is 0 Å². The molecule has 0 bridgehead atoms. The number of hydrogen-bond acceptors (Lipinski definition) is 2. The van der Waals surface area contributed by atoms with E-state index < -0.39 is 5.41 Å². The van der Waals surface area contributed by atoms with Crippen molar-refractivity contribution >= 4 is 45.3 Å². The molecule has 0 radical (unpaired) electrons. The van der Waals surface area contributed by atoms with Crippen LogP contribution in [0.5, 0.6) is 0 Å². The van der Waals surface area contributed by atoms with E-state index in [0.717, 1.165) is 32.5 Å². The van der Waals surface area contributed by atoms with Gasteiger partial charge in [-0.25, -0.2) is 0 Å². The van der Waals surface area contributed by atoms with Crippen LogP contribution in [0.15, 0.2) is 142 Å². The molecule has 188 valence electrons. The van der Waals surface area contributed by atoms with E-state index in [1.54, 1.807) is 0 Å². The summed E-state index contributed by atoms with van der Waals surface area (Å²) in [6.07, 6.45) is 0. The molecular weight excluding hydrogens is 528 g/mol. The highest BCUT2D eigenvalue weighted by molar-refractivity contribution is 7.99. The Morgan fingerprint density at radius 2 is 1.15 bits per heavy atom. The minimum atomic E-state index is -0.466. The molecule has 1 nitrogen and oxygen atoms in total. The molecule has 0 saturated heterocycles. The third-order valence-electron chi connectivity index (χ3n) is 8.62. The van der Waals surface area contributed by atoms with Gasteiger partial charge in [-0.3, -0.25) is 0 Å². The zero-order chi connectivity index (χ0) is 26.4. The summed E-state index contributed by atoms with van der Waals surface area (Å²) in [6.45, 7) is 0. The van der Waals surface area contributed by atoms with Crippen LogP contribution in [0.2, 0.25) is 5.02 Å². The monoisotopic (exact) mass is 548 g/mol. The Labute approximate surface area is 241 Å². The van der Waals surface area contributed by atoms with Crippen LogP contribution in [0.1, 0.15) is 22.3 Å². The van der Waals surface area contributed by atoms with Crippen LogP contribution < -0.4 is 0 Å². The summed E-state index contributed by atoms with van der Waals surface area (Å²) >= 11 is 8.57. The van der Waals surface area contributed by atoms with Crippen molar-refractivity contribution < 1.29 is 4.42 Å². The maximum absolute atomic E-state index is 6.73. The first kappa shape index (κ1) is 22.6. The highest BCUT2D eigenvalue weighted by Gasteiger charge is 2.50. The fourth-order valence-corrected chi connectivity index (χ4v) is 8.54. The van der Waals surface area contributed by atoms with E-state index in [9.17, 15) is 0 Å². The van der Waals surface area contributed by atoms with Gasteiger partial charge in [0.25, 0.3) is 0 Å². The van der Waals surface area contributed by atoms with E-state index >= 15 is 0 Å². The van der Waals surface area contributed by atoms with E-state index in [4.69, 9.17) is 16.0 Å². The largest absolute Gasteiger partial charge is 0.455 e. The van der Waals surface area contributed by atoms with Crippen LogP contribution in [0.4, 0.5) is 0 Å². The number of para-hydroxylation sites is 2. The van der Waals surface area contributed by atoms with E-state index in [0.29, 0.717) is 0 Å². The van der Waals surface area contributed by atoms with E-state index in [-0.39, 0.29) is 0 Å². The number of halogens is 1. The molecule has 7 aromatic rings. The third-order valence-corrected chi connectivity index (χ3v) is 10.1. The van der Waals surface area contributed by atoms with Gasteiger partial charge < -0.3 is 4.42 Å². The Bertz CT molecular complexity index is 2130. The van der Waals surface area contributed by atoms with Crippen molar-refractivity contribution in [2.75, 3.05) is 0 Å². The lowest BCUT2D eigenvalue weighted by Gasteiger charge is -2.40. The summed E-state index contributed by atoms with van der Waals surface area (Å²) in [6, 6.07) is 45.7. The van der Waals surface area contributed by atoms with Crippen molar-refractivity contribution in [2.24, 2.45) is 0 Å². The van der Waals surface area contributed by atoms with Crippen LogP contribution >= 0.6 is 23.4 Å². The second-order valence-corrected chi connectivity index (χ2v) is 12.0. The fraction of sp³-hybridized carbons (Fsp3) is 0.0270. The number of rotatable bonds is 1. The van der Waals surface area contributed by atoms with Gasteiger partial charge in [0, 0.05) is 31.1 Å². The maximum atomic E-state index is 6.73. The summed E-state index contributed by atoms with van der Waals surface area (Å²) in [7, 11) is 0. The zero-order valence-corrected chi connectivity index (χ0v) is 22.9. The normalized spacial score (nSPS) is 14.2. The standard InChI is InChI=1S/C37H21ClOS/c38-22-19-20-34-32(21-22)37(29-15-4-1-9-23(29)24-10-2-5-16-30(24)37)31-17-8-14-28(36(31)40-34)27-13-7-12-26-25-11-3-6-18-33(25)39-35(26)27/h1-21H. The Morgan fingerprint density at radius 3 is 1.98 bits per heavy atom.